The molecule has 2 aliphatic rings. The highest BCUT2D eigenvalue weighted by Crippen LogP contribution is 2.43. The van der Waals surface area contributed by atoms with Crippen molar-refractivity contribution in [3.63, 3.8) is 0 Å². The molecule has 7 rings (SSSR count). The van der Waals surface area contributed by atoms with E-state index >= 15 is 0 Å². The van der Waals surface area contributed by atoms with Gasteiger partial charge in [-0.3, -0.25) is 0 Å². The number of hydrogen-bond acceptors (Lipinski definition) is 1. The van der Waals surface area contributed by atoms with Gasteiger partial charge in [0.15, 0.2) is 0 Å². The summed E-state index contributed by atoms with van der Waals surface area (Å²) in [5.74, 6) is 0. The molecule has 1 aliphatic carbocycles. The zero-order valence-electron chi connectivity index (χ0n) is 19.3. The van der Waals surface area contributed by atoms with Gasteiger partial charge in [0, 0.05) is 28.7 Å². The molecule has 0 saturated carbocycles. The van der Waals surface area contributed by atoms with Gasteiger partial charge in [-0.1, -0.05) is 91.0 Å². The summed E-state index contributed by atoms with van der Waals surface area (Å²) in [5.41, 5.74) is 12.3. The Morgan fingerprint density at radius 2 is 1.43 bits per heavy atom. The van der Waals surface area contributed by atoms with Gasteiger partial charge in [0.25, 0.3) is 0 Å². The summed E-state index contributed by atoms with van der Waals surface area (Å²) in [7, 11) is 0. The zero-order valence-corrected chi connectivity index (χ0v) is 19.3. The fourth-order valence-electron chi connectivity index (χ4n) is 5.34. The Hall–Kier alpha value is -4.56. The second kappa shape index (κ2) is 8.03. The highest BCUT2D eigenvalue weighted by molar-refractivity contribution is 5.95. The number of aromatic amines is 1. The minimum absolute atomic E-state index is 0.892. The number of rotatable bonds is 2. The SMILES string of the molecule is C1=Cc2[nH]c3ccccc3c2CC(c2ccc3c(c2)N(c2ccccc2)c2ccccc2C=C3)=C1. The lowest BCUT2D eigenvalue weighted by Crippen LogP contribution is -2.12. The minimum Gasteiger partial charge on any atom is -0.355 e. The Bertz CT molecular complexity index is 1660. The smallest absolute Gasteiger partial charge is 0.0540 e. The van der Waals surface area contributed by atoms with E-state index in [9.17, 15) is 0 Å². The van der Waals surface area contributed by atoms with Crippen LogP contribution in [0.2, 0.25) is 0 Å². The number of nitrogens with one attached hydrogen (secondary N) is 1. The minimum atomic E-state index is 0.892. The number of hydrogen-bond donors (Lipinski definition) is 1. The maximum absolute atomic E-state index is 3.59. The third kappa shape index (κ3) is 3.34. The Kier molecular flexibility index (Phi) is 4.56. The Morgan fingerprint density at radius 3 is 2.34 bits per heavy atom. The molecular formula is C33H24N2. The molecule has 166 valence electrons. The quantitative estimate of drug-likeness (QED) is 0.280. The third-order valence-corrected chi connectivity index (χ3v) is 7.05. The summed E-state index contributed by atoms with van der Waals surface area (Å²) in [6.07, 6.45) is 12.0. The predicted octanol–water partition coefficient (Wildman–Crippen LogP) is 8.77. The van der Waals surface area contributed by atoms with Crippen LogP contribution in [-0.2, 0) is 6.42 Å². The lowest BCUT2D eigenvalue weighted by Gasteiger charge is -2.28. The van der Waals surface area contributed by atoms with Crippen molar-refractivity contribution in [3.8, 4) is 0 Å². The van der Waals surface area contributed by atoms with Crippen LogP contribution in [0.4, 0.5) is 17.1 Å². The van der Waals surface area contributed by atoms with Crippen LogP contribution in [0.15, 0.2) is 109 Å². The fraction of sp³-hybridized carbons (Fsp3) is 0.0303. The van der Waals surface area contributed by atoms with E-state index < -0.39 is 0 Å². The first-order valence-corrected chi connectivity index (χ1v) is 12.1. The molecule has 0 unspecified atom stereocenters. The van der Waals surface area contributed by atoms with E-state index in [4.69, 9.17) is 0 Å². The van der Waals surface area contributed by atoms with Crippen LogP contribution >= 0.6 is 0 Å². The Labute approximate surface area is 205 Å². The van der Waals surface area contributed by atoms with E-state index in [1.807, 2.05) is 0 Å². The van der Waals surface area contributed by atoms with Crippen molar-refractivity contribution in [1.82, 2.24) is 4.98 Å². The molecule has 0 fully saturated rings. The first-order valence-electron chi connectivity index (χ1n) is 12.1. The molecule has 2 heteroatoms. The molecule has 0 bridgehead atoms. The van der Waals surface area contributed by atoms with Crippen LogP contribution in [0.1, 0.15) is 27.9 Å². The molecule has 4 aromatic carbocycles. The number of allylic oxidation sites excluding steroid dienone is 3. The van der Waals surface area contributed by atoms with Crippen LogP contribution in [0.3, 0.4) is 0 Å². The average Bonchev–Trinajstić information content (AvgIpc) is 3.03. The molecule has 35 heavy (non-hydrogen) atoms. The lowest BCUT2D eigenvalue weighted by molar-refractivity contribution is 1.25. The number of para-hydroxylation sites is 3. The van der Waals surface area contributed by atoms with Gasteiger partial charge in [0.05, 0.1) is 11.4 Å². The Balaban J connectivity index is 1.38. The van der Waals surface area contributed by atoms with Gasteiger partial charge in [-0.05, 0) is 64.2 Å². The van der Waals surface area contributed by atoms with Crippen molar-refractivity contribution in [3.05, 3.63) is 137 Å². The van der Waals surface area contributed by atoms with Gasteiger partial charge in [0.2, 0.25) is 0 Å². The number of aromatic nitrogens is 1. The van der Waals surface area contributed by atoms with Crippen LogP contribution in [0.5, 0.6) is 0 Å². The van der Waals surface area contributed by atoms with Gasteiger partial charge in [0.1, 0.15) is 0 Å². The van der Waals surface area contributed by atoms with Crippen molar-refractivity contribution in [2.45, 2.75) is 6.42 Å². The van der Waals surface area contributed by atoms with Crippen LogP contribution in [-0.4, -0.2) is 4.98 Å². The molecule has 0 spiro atoms. The molecule has 0 radical (unpaired) electrons. The van der Waals surface area contributed by atoms with E-state index in [1.165, 1.54) is 55.8 Å². The van der Waals surface area contributed by atoms with E-state index in [1.54, 1.807) is 0 Å². The molecular weight excluding hydrogens is 424 g/mol. The lowest BCUT2D eigenvalue weighted by atomic mass is 9.95. The largest absolute Gasteiger partial charge is 0.355 e. The zero-order chi connectivity index (χ0) is 23.2. The second-order valence-electron chi connectivity index (χ2n) is 9.13. The van der Waals surface area contributed by atoms with Crippen molar-refractivity contribution in [2.24, 2.45) is 0 Å². The van der Waals surface area contributed by atoms with Crippen molar-refractivity contribution < 1.29 is 0 Å². The topological polar surface area (TPSA) is 19.0 Å². The number of anilines is 3. The fourth-order valence-corrected chi connectivity index (χ4v) is 5.34. The summed E-state index contributed by atoms with van der Waals surface area (Å²) in [6, 6.07) is 34.8. The van der Waals surface area contributed by atoms with Crippen LogP contribution in [0, 0.1) is 0 Å². The molecule has 0 saturated heterocycles. The van der Waals surface area contributed by atoms with E-state index in [0.717, 1.165) is 12.1 Å². The van der Waals surface area contributed by atoms with Crippen LogP contribution in [0.25, 0.3) is 34.7 Å². The average molecular weight is 449 g/mol. The number of H-pyrrole nitrogens is 1. The van der Waals surface area contributed by atoms with Gasteiger partial charge in [-0.15, -0.1) is 0 Å². The molecule has 1 N–H and O–H groups in total. The maximum atomic E-state index is 3.59. The standard InChI is InChI=1S/C33H24N2/c1-2-11-27(12-3-1)35-32-16-7-4-9-23(32)17-18-24-19-20-26(22-33(24)35)25-10-8-15-31-29(21-25)28-13-5-6-14-30(28)34-31/h1-20,22,34H,21H2. The van der Waals surface area contributed by atoms with Crippen molar-refractivity contribution in [2.75, 3.05) is 4.90 Å². The highest BCUT2D eigenvalue weighted by Gasteiger charge is 2.21. The maximum Gasteiger partial charge on any atom is 0.0540 e. The number of nitrogens with zero attached hydrogens (tertiary/aromatic N) is 1. The van der Waals surface area contributed by atoms with Gasteiger partial charge < -0.3 is 9.88 Å². The monoisotopic (exact) mass is 448 g/mol. The van der Waals surface area contributed by atoms with Crippen molar-refractivity contribution >= 4 is 51.8 Å². The van der Waals surface area contributed by atoms with Gasteiger partial charge >= 0.3 is 0 Å². The van der Waals surface area contributed by atoms with Gasteiger partial charge in [-0.2, -0.15) is 0 Å². The Morgan fingerprint density at radius 1 is 0.657 bits per heavy atom. The predicted molar refractivity (Wildman–Crippen MR) is 149 cm³/mol. The van der Waals surface area contributed by atoms with E-state index in [-0.39, 0.29) is 0 Å². The molecule has 1 aliphatic heterocycles. The van der Waals surface area contributed by atoms with Gasteiger partial charge in [-0.25, -0.2) is 0 Å². The first-order chi connectivity index (χ1) is 17.3. The summed E-state index contributed by atoms with van der Waals surface area (Å²) in [5, 5.41) is 1.30. The highest BCUT2D eigenvalue weighted by atomic mass is 15.1. The molecule has 2 nitrogen and oxygen atoms in total. The normalized spacial score (nSPS) is 14.1. The first kappa shape index (κ1) is 19.9. The third-order valence-electron chi connectivity index (χ3n) is 7.05. The molecule has 1 aromatic heterocycles. The number of fused-ring (bicyclic) bond motifs is 5. The van der Waals surface area contributed by atoms with Crippen LogP contribution < -0.4 is 4.90 Å². The van der Waals surface area contributed by atoms with Crippen molar-refractivity contribution in [1.29, 1.82) is 0 Å². The van der Waals surface area contributed by atoms with E-state index in [0.29, 0.717) is 0 Å². The summed E-state index contributed by atoms with van der Waals surface area (Å²) < 4.78 is 0. The summed E-state index contributed by atoms with van der Waals surface area (Å²) in [6.45, 7) is 0. The summed E-state index contributed by atoms with van der Waals surface area (Å²) in [4.78, 5) is 5.98. The molecule has 5 aromatic rings. The summed E-state index contributed by atoms with van der Waals surface area (Å²) >= 11 is 0. The molecule has 0 amide bonds. The van der Waals surface area contributed by atoms with E-state index in [2.05, 4.69) is 137 Å². The number of benzene rings is 4. The molecule has 2 heterocycles. The molecule has 0 atom stereocenters. The second-order valence-corrected chi connectivity index (χ2v) is 9.13.